The first kappa shape index (κ1) is 14.3. The van der Waals surface area contributed by atoms with Crippen LogP contribution in [0.25, 0.3) is 0 Å². The third-order valence-electron chi connectivity index (χ3n) is 3.80. The molecule has 3 rings (SSSR count). The molecule has 1 aliphatic rings. The molecule has 110 valence electrons. The van der Waals surface area contributed by atoms with E-state index in [4.69, 9.17) is 4.98 Å². The lowest BCUT2D eigenvalue weighted by Gasteiger charge is -2.15. The minimum absolute atomic E-state index is 0.529. The average molecular weight is 347 g/mol. The molecule has 1 aromatic carbocycles. The van der Waals surface area contributed by atoms with E-state index in [2.05, 4.69) is 50.6 Å². The molecule has 0 spiro atoms. The van der Waals surface area contributed by atoms with Crippen LogP contribution in [0.3, 0.4) is 0 Å². The van der Waals surface area contributed by atoms with Gasteiger partial charge in [-0.15, -0.1) is 0 Å². The molecule has 0 atom stereocenters. The van der Waals surface area contributed by atoms with E-state index in [0.717, 1.165) is 33.2 Å². The summed E-state index contributed by atoms with van der Waals surface area (Å²) in [5.74, 6) is 3.27. The fourth-order valence-corrected chi connectivity index (χ4v) is 2.64. The molecule has 0 unspecified atom stereocenters. The van der Waals surface area contributed by atoms with Crippen LogP contribution in [0.1, 0.15) is 35.7 Å². The quantitative estimate of drug-likeness (QED) is 0.854. The topological polar surface area (TPSA) is 49.8 Å². The van der Waals surface area contributed by atoms with Crippen LogP contribution in [-0.4, -0.2) is 17.0 Å². The molecule has 4 nitrogen and oxygen atoms in total. The largest absolute Gasteiger partial charge is 0.373 e. The van der Waals surface area contributed by atoms with Crippen molar-refractivity contribution < 1.29 is 0 Å². The minimum atomic E-state index is 0.529. The van der Waals surface area contributed by atoms with Crippen molar-refractivity contribution in [2.45, 2.75) is 32.6 Å². The molecule has 1 aliphatic carbocycles. The zero-order chi connectivity index (χ0) is 15.0. The van der Waals surface area contributed by atoms with Crippen LogP contribution < -0.4 is 10.6 Å². The molecule has 0 bridgehead atoms. The Kier molecular flexibility index (Phi) is 3.85. The van der Waals surface area contributed by atoms with Gasteiger partial charge >= 0.3 is 0 Å². The fourth-order valence-electron chi connectivity index (χ4n) is 2.28. The zero-order valence-electron chi connectivity index (χ0n) is 12.5. The van der Waals surface area contributed by atoms with E-state index in [1.54, 1.807) is 0 Å². The number of nitrogens with zero attached hydrogens (tertiary/aromatic N) is 2. The van der Waals surface area contributed by atoms with E-state index in [1.165, 1.54) is 18.4 Å². The van der Waals surface area contributed by atoms with Crippen LogP contribution in [0, 0.1) is 13.8 Å². The lowest BCUT2D eigenvalue weighted by molar-refractivity contribution is 0.923. The molecule has 0 aliphatic heterocycles. The summed E-state index contributed by atoms with van der Waals surface area (Å²) in [5.41, 5.74) is 3.30. The number of hydrogen-bond acceptors (Lipinski definition) is 4. The maximum absolute atomic E-state index is 4.73. The van der Waals surface area contributed by atoms with E-state index in [0.29, 0.717) is 5.92 Å². The van der Waals surface area contributed by atoms with E-state index in [9.17, 15) is 0 Å². The predicted molar refractivity (Wildman–Crippen MR) is 90.5 cm³/mol. The Balaban J connectivity index is 2.00. The molecular weight excluding hydrogens is 328 g/mol. The first-order valence-electron chi connectivity index (χ1n) is 7.18. The second kappa shape index (κ2) is 5.64. The van der Waals surface area contributed by atoms with Crippen LogP contribution in [0.2, 0.25) is 0 Å². The number of nitrogens with one attached hydrogen (secondary N) is 2. The Labute approximate surface area is 133 Å². The second-order valence-corrected chi connectivity index (χ2v) is 6.43. The van der Waals surface area contributed by atoms with Crippen LogP contribution in [0.5, 0.6) is 0 Å². The molecule has 1 fully saturated rings. The van der Waals surface area contributed by atoms with Gasteiger partial charge in [-0.25, -0.2) is 9.97 Å². The number of halogens is 1. The van der Waals surface area contributed by atoms with E-state index >= 15 is 0 Å². The van der Waals surface area contributed by atoms with Gasteiger partial charge in [0, 0.05) is 28.7 Å². The Bertz CT molecular complexity index is 680. The normalized spacial score (nSPS) is 14.1. The lowest BCUT2D eigenvalue weighted by Crippen LogP contribution is -2.07. The molecule has 1 saturated carbocycles. The maximum Gasteiger partial charge on any atom is 0.139 e. The van der Waals surface area contributed by atoms with Crippen LogP contribution in [-0.2, 0) is 0 Å². The van der Waals surface area contributed by atoms with Crippen LogP contribution in [0.4, 0.5) is 17.3 Å². The molecule has 0 saturated heterocycles. The number of hydrogen-bond donors (Lipinski definition) is 2. The second-order valence-electron chi connectivity index (χ2n) is 5.51. The molecule has 5 heteroatoms. The van der Waals surface area contributed by atoms with Crippen molar-refractivity contribution in [1.82, 2.24) is 9.97 Å². The molecule has 2 aromatic rings. The number of anilines is 3. The maximum atomic E-state index is 4.73. The summed E-state index contributed by atoms with van der Waals surface area (Å²) in [6.07, 6.45) is 2.39. The molecule has 2 N–H and O–H groups in total. The summed E-state index contributed by atoms with van der Waals surface area (Å²) in [6.45, 7) is 4.13. The van der Waals surface area contributed by atoms with Crippen molar-refractivity contribution in [3.63, 3.8) is 0 Å². The zero-order valence-corrected chi connectivity index (χ0v) is 14.1. The average Bonchev–Trinajstić information content (AvgIpc) is 3.29. The lowest BCUT2D eigenvalue weighted by atomic mass is 10.2. The van der Waals surface area contributed by atoms with E-state index in [1.807, 2.05) is 20.0 Å². The summed E-state index contributed by atoms with van der Waals surface area (Å²) in [5, 5.41) is 6.63. The Hall–Kier alpha value is -1.62. The molecular formula is C16H19BrN4. The highest BCUT2D eigenvalue weighted by Crippen LogP contribution is 2.40. The summed E-state index contributed by atoms with van der Waals surface area (Å²) in [7, 11) is 1.90. The summed E-state index contributed by atoms with van der Waals surface area (Å²) in [4.78, 5) is 9.35. The highest BCUT2D eigenvalue weighted by atomic mass is 79.9. The number of aryl methyl sites for hydroxylation is 1. The van der Waals surface area contributed by atoms with Gasteiger partial charge in [0.1, 0.15) is 17.5 Å². The Morgan fingerprint density at radius 3 is 2.52 bits per heavy atom. The van der Waals surface area contributed by atoms with Crippen molar-refractivity contribution in [2.24, 2.45) is 0 Å². The van der Waals surface area contributed by atoms with Crippen molar-refractivity contribution in [3.05, 3.63) is 39.6 Å². The number of rotatable bonds is 4. The fraction of sp³-hybridized carbons (Fsp3) is 0.375. The Morgan fingerprint density at radius 2 is 1.86 bits per heavy atom. The van der Waals surface area contributed by atoms with Gasteiger partial charge in [0.05, 0.1) is 0 Å². The summed E-state index contributed by atoms with van der Waals surface area (Å²) >= 11 is 3.52. The first-order chi connectivity index (χ1) is 10.1. The van der Waals surface area contributed by atoms with E-state index in [-0.39, 0.29) is 0 Å². The van der Waals surface area contributed by atoms with Crippen molar-refractivity contribution in [2.75, 3.05) is 17.7 Å². The van der Waals surface area contributed by atoms with Gasteiger partial charge in [-0.3, -0.25) is 0 Å². The smallest absolute Gasteiger partial charge is 0.139 e. The van der Waals surface area contributed by atoms with Gasteiger partial charge in [0.15, 0.2) is 0 Å². The monoisotopic (exact) mass is 346 g/mol. The third kappa shape index (κ3) is 3.02. The molecule has 0 radical (unpaired) electrons. The number of benzene rings is 1. The SMILES string of the molecule is CNc1nc(C2CC2)nc(Nc2cc(Br)ccc2C)c1C. The summed E-state index contributed by atoms with van der Waals surface area (Å²) in [6, 6.07) is 6.21. The van der Waals surface area contributed by atoms with E-state index < -0.39 is 0 Å². The van der Waals surface area contributed by atoms with Crippen molar-refractivity contribution in [1.29, 1.82) is 0 Å². The molecule has 1 aromatic heterocycles. The van der Waals surface area contributed by atoms with Gasteiger partial charge in [0.2, 0.25) is 0 Å². The number of aromatic nitrogens is 2. The van der Waals surface area contributed by atoms with Gasteiger partial charge < -0.3 is 10.6 Å². The molecule has 21 heavy (non-hydrogen) atoms. The highest BCUT2D eigenvalue weighted by molar-refractivity contribution is 9.10. The molecule has 0 amide bonds. The van der Waals surface area contributed by atoms with Gasteiger partial charge in [-0.05, 0) is 44.4 Å². The van der Waals surface area contributed by atoms with Crippen molar-refractivity contribution in [3.8, 4) is 0 Å². The summed E-state index contributed by atoms with van der Waals surface area (Å²) < 4.78 is 1.05. The van der Waals surface area contributed by atoms with Gasteiger partial charge in [-0.1, -0.05) is 22.0 Å². The molecule has 1 heterocycles. The third-order valence-corrected chi connectivity index (χ3v) is 4.29. The van der Waals surface area contributed by atoms with Crippen LogP contribution >= 0.6 is 15.9 Å². The van der Waals surface area contributed by atoms with Gasteiger partial charge in [0.25, 0.3) is 0 Å². The predicted octanol–water partition coefficient (Wildman–Crippen LogP) is 4.52. The van der Waals surface area contributed by atoms with Gasteiger partial charge in [-0.2, -0.15) is 0 Å². The van der Waals surface area contributed by atoms with Crippen LogP contribution in [0.15, 0.2) is 22.7 Å². The first-order valence-corrected chi connectivity index (χ1v) is 7.97. The standard InChI is InChI=1S/C16H19BrN4/c1-9-4-7-12(17)8-13(9)19-15-10(2)14(18-3)20-16(21-15)11-5-6-11/h4,7-8,11H,5-6H2,1-3H3,(H2,18,19,20,21). The highest BCUT2D eigenvalue weighted by Gasteiger charge is 2.28. The minimum Gasteiger partial charge on any atom is -0.373 e. The van der Waals surface area contributed by atoms with Crippen molar-refractivity contribution >= 4 is 33.3 Å². The Morgan fingerprint density at radius 1 is 1.14 bits per heavy atom.